The van der Waals surface area contributed by atoms with Crippen LogP contribution in [-0.4, -0.2) is 48.5 Å². The number of halogens is 1. The van der Waals surface area contributed by atoms with Gasteiger partial charge in [-0.1, -0.05) is 18.2 Å². The largest absolute Gasteiger partial charge is 0.356 e. The second-order valence-corrected chi connectivity index (χ2v) is 9.86. The van der Waals surface area contributed by atoms with Crippen LogP contribution in [0.3, 0.4) is 0 Å². The lowest BCUT2D eigenvalue weighted by Gasteiger charge is -2.16. The van der Waals surface area contributed by atoms with Crippen molar-refractivity contribution in [3.8, 4) is 0 Å². The van der Waals surface area contributed by atoms with Crippen LogP contribution in [0.15, 0.2) is 52.9 Å². The van der Waals surface area contributed by atoms with Crippen LogP contribution in [0.5, 0.6) is 0 Å². The van der Waals surface area contributed by atoms with Crippen LogP contribution in [0.2, 0.25) is 0 Å². The first-order valence-corrected chi connectivity index (χ1v) is 12.3. The number of amides is 1. The highest BCUT2D eigenvalue weighted by Gasteiger charge is 2.30. The van der Waals surface area contributed by atoms with Crippen molar-refractivity contribution in [2.45, 2.75) is 25.2 Å². The van der Waals surface area contributed by atoms with Gasteiger partial charge in [0, 0.05) is 28.5 Å². The Morgan fingerprint density at radius 1 is 1.16 bits per heavy atom. The van der Waals surface area contributed by atoms with Crippen molar-refractivity contribution in [1.29, 1.82) is 0 Å². The lowest BCUT2D eigenvalue weighted by atomic mass is 9.92. The van der Waals surface area contributed by atoms with Gasteiger partial charge >= 0.3 is 0 Å². The van der Waals surface area contributed by atoms with E-state index in [-0.39, 0.29) is 11.7 Å². The number of fused-ring (bicyclic) bond motifs is 1. The molecule has 0 bridgehead atoms. The molecule has 2 aromatic carbocycles. The summed E-state index contributed by atoms with van der Waals surface area (Å²) in [7, 11) is 2.98. The third-order valence-corrected chi connectivity index (χ3v) is 6.74. The predicted octanol–water partition coefficient (Wildman–Crippen LogP) is 4.59. The summed E-state index contributed by atoms with van der Waals surface area (Å²) in [5.74, 6) is -0.765. The van der Waals surface area contributed by atoms with Crippen molar-refractivity contribution in [2.75, 3.05) is 33.4 Å². The molecule has 1 aliphatic rings. The summed E-state index contributed by atoms with van der Waals surface area (Å²) in [5.41, 5.74) is 5.48. The van der Waals surface area contributed by atoms with Crippen LogP contribution in [0.25, 0.3) is 17.2 Å². The Kier molecular flexibility index (Phi) is 7.80. The number of rotatable bonds is 8. The number of hydrogen-bond donors (Lipinski definition) is 1. The molecule has 0 aromatic heterocycles. The number of nitrogens with zero attached hydrogens (tertiary/aromatic N) is 1. The van der Waals surface area contributed by atoms with E-state index in [1.807, 2.05) is 58.3 Å². The molecule has 170 valence electrons. The van der Waals surface area contributed by atoms with Crippen molar-refractivity contribution < 1.29 is 13.4 Å². The van der Waals surface area contributed by atoms with Crippen LogP contribution >= 0.6 is 0 Å². The molecule has 1 amide bonds. The van der Waals surface area contributed by atoms with Crippen molar-refractivity contribution in [1.82, 2.24) is 10.2 Å². The first kappa shape index (κ1) is 24.1. The minimum absolute atomic E-state index is 0.0515. The average molecular weight is 455 g/mol. The van der Waals surface area contributed by atoms with Crippen LogP contribution in [-0.2, 0) is 15.6 Å². The van der Waals surface area contributed by atoms with Gasteiger partial charge in [0.15, 0.2) is 0 Å². The average Bonchev–Trinajstić information content (AvgIpc) is 3.01. The lowest BCUT2D eigenvalue weighted by molar-refractivity contribution is -0.122. The molecule has 2 aromatic rings. The smallest absolute Gasteiger partial charge is 0.227 e. The molecule has 1 aliphatic carbocycles. The molecule has 0 fully saturated rings. The first-order chi connectivity index (χ1) is 15.2. The number of carbonyl (C=O) groups excluding carboxylic acids is 1. The van der Waals surface area contributed by atoms with Crippen LogP contribution in [0.4, 0.5) is 4.39 Å². The highest BCUT2D eigenvalue weighted by atomic mass is 32.2. The molecule has 3 rings (SSSR count). The number of hydrogen-bond acceptors (Lipinski definition) is 3. The topological polar surface area (TPSA) is 49.4 Å². The van der Waals surface area contributed by atoms with Gasteiger partial charge in [0.2, 0.25) is 5.91 Å². The fourth-order valence-electron chi connectivity index (χ4n) is 4.08. The normalized spacial score (nSPS) is 16.4. The Labute approximate surface area is 192 Å². The van der Waals surface area contributed by atoms with Gasteiger partial charge in [-0.2, -0.15) is 0 Å². The first-order valence-electron chi connectivity index (χ1n) is 10.8. The molecule has 2 atom stereocenters. The van der Waals surface area contributed by atoms with Crippen LogP contribution in [0.1, 0.15) is 37.0 Å². The van der Waals surface area contributed by atoms with E-state index >= 15 is 0 Å². The van der Waals surface area contributed by atoms with E-state index in [4.69, 9.17) is 0 Å². The molecule has 0 saturated heterocycles. The van der Waals surface area contributed by atoms with Crippen LogP contribution in [0, 0.1) is 11.7 Å². The molecule has 32 heavy (non-hydrogen) atoms. The Hall–Kier alpha value is -2.57. The number of nitrogens with one attached hydrogen (secondary N) is 1. The summed E-state index contributed by atoms with van der Waals surface area (Å²) in [5, 5.41) is 3.02. The van der Waals surface area contributed by atoms with Crippen molar-refractivity contribution >= 4 is 33.9 Å². The van der Waals surface area contributed by atoms with Gasteiger partial charge in [-0.15, -0.1) is 0 Å². The van der Waals surface area contributed by atoms with Crippen LogP contribution < -0.4 is 5.32 Å². The monoisotopic (exact) mass is 454 g/mol. The number of benzene rings is 2. The fraction of sp³-hybridized carbons (Fsp3) is 0.346. The second-order valence-electron chi connectivity index (χ2n) is 8.48. The molecule has 0 saturated carbocycles. The molecule has 1 N–H and O–H groups in total. The number of carbonyl (C=O) groups is 1. The molecule has 0 radical (unpaired) electrons. The Morgan fingerprint density at radius 2 is 1.84 bits per heavy atom. The van der Waals surface area contributed by atoms with Gasteiger partial charge in [0.05, 0.1) is 5.92 Å². The summed E-state index contributed by atoms with van der Waals surface area (Å²) in [6, 6.07) is 12.3. The Balaban J connectivity index is 1.93. The third-order valence-electron chi connectivity index (χ3n) is 5.80. The zero-order valence-corrected chi connectivity index (χ0v) is 20.2. The van der Waals surface area contributed by atoms with E-state index in [1.54, 1.807) is 12.3 Å². The van der Waals surface area contributed by atoms with Crippen molar-refractivity contribution in [2.24, 2.45) is 5.92 Å². The van der Waals surface area contributed by atoms with Crippen molar-refractivity contribution in [3.05, 3.63) is 70.5 Å². The Morgan fingerprint density at radius 3 is 2.47 bits per heavy atom. The maximum atomic E-state index is 14.1. The molecular formula is C26H31FN2O2S. The maximum absolute atomic E-state index is 14.1. The minimum atomic E-state index is -1.03. The fourth-order valence-corrected chi connectivity index (χ4v) is 4.60. The van der Waals surface area contributed by atoms with Crippen molar-refractivity contribution in [3.63, 3.8) is 0 Å². The van der Waals surface area contributed by atoms with E-state index in [0.717, 1.165) is 51.3 Å². The zero-order valence-electron chi connectivity index (χ0n) is 19.4. The van der Waals surface area contributed by atoms with E-state index < -0.39 is 16.7 Å². The number of allylic oxidation sites excluding steroid dienone is 2. The predicted molar refractivity (Wildman–Crippen MR) is 131 cm³/mol. The summed E-state index contributed by atoms with van der Waals surface area (Å²) < 4.78 is 25.8. The second kappa shape index (κ2) is 10.4. The quantitative estimate of drug-likeness (QED) is 0.594. The summed E-state index contributed by atoms with van der Waals surface area (Å²) in [4.78, 5) is 15.7. The molecule has 0 heterocycles. The van der Waals surface area contributed by atoms with E-state index in [9.17, 15) is 13.4 Å². The van der Waals surface area contributed by atoms with Gasteiger partial charge in [-0.3, -0.25) is 9.00 Å². The summed E-state index contributed by atoms with van der Waals surface area (Å²) in [6.07, 6.45) is 4.57. The lowest BCUT2D eigenvalue weighted by Crippen LogP contribution is -2.32. The van der Waals surface area contributed by atoms with Gasteiger partial charge in [0.25, 0.3) is 0 Å². The highest BCUT2D eigenvalue weighted by molar-refractivity contribution is 7.84. The highest BCUT2D eigenvalue weighted by Crippen LogP contribution is 2.45. The van der Waals surface area contributed by atoms with Gasteiger partial charge < -0.3 is 10.2 Å². The Bertz CT molecular complexity index is 1090. The third kappa shape index (κ3) is 5.43. The zero-order chi connectivity index (χ0) is 23.4. The minimum Gasteiger partial charge on any atom is -0.356 e. The SMILES string of the molecule is CC1=C(C(C)C(=O)NCCCN(C)C)c2cc(F)ccc2/C1=C\c1ccc(S(C)=O)cc1. The molecule has 6 heteroatoms. The molecular weight excluding hydrogens is 423 g/mol. The maximum Gasteiger partial charge on any atom is 0.227 e. The van der Waals surface area contributed by atoms with E-state index in [1.165, 1.54) is 12.1 Å². The van der Waals surface area contributed by atoms with E-state index in [2.05, 4.69) is 10.2 Å². The molecule has 0 spiro atoms. The van der Waals surface area contributed by atoms with E-state index in [0.29, 0.717) is 6.54 Å². The standard InChI is InChI=1S/C26H31FN2O2S/c1-17-23(15-19-7-10-21(11-8-19)32(5)31)22-12-9-20(27)16-24(22)25(17)18(2)26(30)28-13-6-14-29(3)4/h7-12,15-16,18H,6,13-14H2,1-5H3,(H,28,30)/b23-15-. The summed E-state index contributed by atoms with van der Waals surface area (Å²) in [6.45, 7) is 5.38. The molecule has 4 nitrogen and oxygen atoms in total. The summed E-state index contributed by atoms with van der Waals surface area (Å²) >= 11 is 0. The molecule has 2 unspecified atom stereocenters. The molecule has 0 aliphatic heterocycles. The van der Waals surface area contributed by atoms with Gasteiger partial charge in [0.1, 0.15) is 5.82 Å². The van der Waals surface area contributed by atoms with Gasteiger partial charge in [-0.05, 0) is 105 Å². The van der Waals surface area contributed by atoms with Gasteiger partial charge in [-0.25, -0.2) is 4.39 Å².